The molecule has 2 aromatic heterocycles. The number of carbonyl (C=O) groups is 1. The Balaban J connectivity index is 1.74. The predicted molar refractivity (Wildman–Crippen MR) is 92.3 cm³/mol. The van der Waals surface area contributed by atoms with Crippen LogP contribution in [0, 0.1) is 0 Å². The summed E-state index contributed by atoms with van der Waals surface area (Å²) in [4.78, 5) is 13.1. The number of para-hydroxylation sites is 1. The van der Waals surface area contributed by atoms with Crippen LogP contribution < -0.4 is 5.32 Å². The quantitative estimate of drug-likeness (QED) is 0.751. The third-order valence-electron chi connectivity index (χ3n) is 2.67. The van der Waals surface area contributed by atoms with Crippen LogP contribution in [0.4, 0.5) is 5.69 Å². The molecular weight excluding hydrogens is 338 g/mol. The molecule has 0 saturated carbocycles. The number of anilines is 1. The van der Waals surface area contributed by atoms with Crippen molar-refractivity contribution in [2.45, 2.75) is 0 Å². The Morgan fingerprint density at radius 3 is 2.59 bits per heavy atom. The van der Waals surface area contributed by atoms with Crippen LogP contribution in [0.25, 0.3) is 11.1 Å². The number of thiophene rings is 1. The Labute approximate surface area is 140 Å². The highest BCUT2D eigenvalue weighted by Crippen LogP contribution is 2.27. The lowest BCUT2D eigenvalue weighted by molar-refractivity contribution is 0.102. The lowest BCUT2D eigenvalue weighted by Crippen LogP contribution is -2.11. The van der Waals surface area contributed by atoms with Gasteiger partial charge in [-0.3, -0.25) is 4.79 Å². The number of hydrogen-bond donors (Lipinski definition) is 1. The van der Waals surface area contributed by atoms with Crippen molar-refractivity contribution in [1.82, 2.24) is 10.2 Å². The second-order valence-electron chi connectivity index (χ2n) is 4.24. The van der Waals surface area contributed by atoms with Gasteiger partial charge in [0.1, 0.15) is 0 Å². The molecule has 22 heavy (non-hydrogen) atoms. The van der Waals surface area contributed by atoms with Crippen LogP contribution in [0.5, 0.6) is 0 Å². The van der Waals surface area contributed by atoms with Crippen LogP contribution >= 0.6 is 34.3 Å². The van der Waals surface area contributed by atoms with Gasteiger partial charge in [-0.25, -0.2) is 0 Å². The number of aromatic nitrogens is 2. The summed E-state index contributed by atoms with van der Waals surface area (Å²) in [5.41, 5.74) is 0.712. The SMILES string of the molecule is O=C(Nc1ccccc1)c1nnc(C(Cl)=Cc2cccs2)s1. The highest BCUT2D eigenvalue weighted by atomic mass is 35.5. The molecular formula is C15H10ClN3OS2. The topological polar surface area (TPSA) is 54.9 Å². The second-order valence-corrected chi connectivity index (χ2v) is 6.60. The molecule has 2 heterocycles. The fourth-order valence-corrected chi connectivity index (χ4v) is 3.32. The van der Waals surface area contributed by atoms with Gasteiger partial charge in [0.2, 0.25) is 5.01 Å². The molecule has 7 heteroatoms. The van der Waals surface area contributed by atoms with Crippen molar-refractivity contribution in [1.29, 1.82) is 0 Å². The first kappa shape index (κ1) is 14.9. The van der Waals surface area contributed by atoms with Crippen molar-refractivity contribution in [3.8, 4) is 0 Å². The maximum absolute atomic E-state index is 12.1. The molecule has 0 fully saturated rings. The van der Waals surface area contributed by atoms with Gasteiger partial charge in [0.15, 0.2) is 5.01 Å². The lowest BCUT2D eigenvalue weighted by Gasteiger charge is -2.00. The molecule has 110 valence electrons. The largest absolute Gasteiger partial charge is 0.320 e. The van der Waals surface area contributed by atoms with Crippen molar-refractivity contribution in [3.05, 3.63) is 62.7 Å². The van der Waals surface area contributed by atoms with E-state index in [0.717, 1.165) is 16.2 Å². The molecule has 0 aliphatic carbocycles. The van der Waals surface area contributed by atoms with Crippen LogP contribution in [0.2, 0.25) is 0 Å². The summed E-state index contributed by atoms with van der Waals surface area (Å²) in [6, 6.07) is 13.1. The van der Waals surface area contributed by atoms with Gasteiger partial charge in [-0.2, -0.15) is 0 Å². The first-order valence-corrected chi connectivity index (χ1v) is 8.41. The summed E-state index contributed by atoms with van der Waals surface area (Å²) in [6.07, 6.45) is 1.81. The maximum Gasteiger partial charge on any atom is 0.286 e. The number of rotatable bonds is 4. The van der Waals surface area contributed by atoms with E-state index in [1.54, 1.807) is 11.3 Å². The number of hydrogen-bond acceptors (Lipinski definition) is 5. The van der Waals surface area contributed by atoms with E-state index in [4.69, 9.17) is 11.6 Å². The summed E-state index contributed by atoms with van der Waals surface area (Å²) in [5, 5.41) is 13.9. The van der Waals surface area contributed by atoms with Gasteiger partial charge in [-0.15, -0.1) is 21.5 Å². The average molecular weight is 348 g/mol. The first-order valence-electron chi connectivity index (χ1n) is 6.33. The fourth-order valence-electron chi connectivity index (χ4n) is 1.68. The lowest BCUT2D eigenvalue weighted by atomic mass is 10.3. The molecule has 1 N–H and O–H groups in total. The van der Waals surface area contributed by atoms with E-state index in [2.05, 4.69) is 15.5 Å². The van der Waals surface area contributed by atoms with Crippen LogP contribution in [-0.4, -0.2) is 16.1 Å². The zero-order chi connectivity index (χ0) is 15.4. The highest BCUT2D eigenvalue weighted by Gasteiger charge is 2.14. The van der Waals surface area contributed by atoms with Gasteiger partial charge in [0, 0.05) is 10.6 Å². The van der Waals surface area contributed by atoms with Gasteiger partial charge in [0.25, 0.3) is 5.91 Å². The van der Waals surface area contributed by atoms with Crippen molar-refractivity contribution < 1.29 is 4.79 Å². The summed E-state index contributed by atoms with van der Waals surface area (Å²) in [5.74, 6) is -0.296. The second kappa shape index (κ2) is 6.83. The van der Waals surface area contributed by atoms with Gasteiger partial charge in [-0.1, -0.05) is 47.2 Å². The Hall–Kier alpha value is -2.02. The minimum atomic E-state index is -0.296. The summed E-state index contributed by atoms with van der Waals surface area (Å²) in [7, 11) is 0. The number of carbonyl (C=O) groups excluding carboxylic acids is 1. The molecule has 0 atom stereocenters. The van der Waals surface area contributed by atoms with Gasteiger partial charge in [0.05, 0.1) is 5.03 Å². The number of halogens is 1. The highest BCUT2D eigenvalue weighted by molar-refractivity contribution is 7.15. The number of amides is 1. The number of nitrogens with zero attached hydrogens (tertiary/aromatic N) is 2. The van der Waals surface area contributed by atoms with E-state index in [9.17, 15) is 4.79 Å². The van der Waals surface area contributed by atoms with Crippen molar-refractivity contribution in [2.75, 3.05) is 5.32 Å². The molecule has 0 radical (unpaired) electrons. The molecule has 0 saturated heterocycles. The normalized spacial score (nSPS) is 11.4. The standard InChI is InChI=1S/C15H10ClN3OS2/c16-12(9-11-7-4-8-21-11)14-18-19-15(22-14)13(20)17-10-5-2-1-3-6-10/h1-9H,(H,17,20). The average Bonchev–Trinajstić information content (AvgIpc) is 3.19. The zero-order valence-corrected chi connectivity index (χ0v) is 13.6. The Bertz CT molecular complexity index is 797. The summed E-state index contributed by atoms with van der Waals surface area (Å²) >= 11 is 8.96. The van der Waals surface area contributed by atoms with Crippen LogP contribution in [-0.2, 0) is 0 Å². The van der Waals surface area contributed by atoms with E-state index in [-0.39, 0.29) is 10.9 Å². The molecule has 0 aliphatic rings. The summed E-state index contributed by atoms with van der Waals surface area (Å²) in [6.45, 7) is 0. The molecule has 4 nitrogen and oxygen atoms in total. The predicted octanol–water partition coefficient (Wildman–Crippen LogP) is 4.59. The number of benzene rings is 1. The van der Waals surface area contributed by atoms with Gasteiger partial charge in [-0.05, 0) is 29.7 Å². The Morgan fingerprint density at radius 2 is 1.86 bits per heavy atom. The molecule has 0 bridgehead atoms. The van der Waals surface area contributed by atoms with Crippen LogP contribution in [0.15, 0.2) is 47.8 Å². The Morgan fingerprint density at radius 1 is 1.09 bits per heavy atom. The minimum Gasteiger partial charge on any atom is -0.320 e. The van der Waals surface area contributed by atoms with Crippen LogP contribution in [0.1, 0.15) is 19.7 Å². The fraction of sp³-hybridized carbons (Fsp3) is 0. The number of nitrogens with one attached hydrogen (secondary N) is 1. The van der Waals surface area contributed by atoms with Gasteiger partial charge >= 0.3 is 0 Å². The third-order valence-corrected chi connectivity index (χ3v) is 4.84. The van der Waals surface area contributed by atoms with Crippen molar-refractivity contribution >= 4 is 57.0 Å². The van der Waals surface area contributed by atoms with Crippen molar-refractivity contribution in [3.63, 3.8) is 0 Å². The maximum atomic E-state index is 12.1. The molecule has 0 spiro atoms. The van der Waals surface area contributed by atoms with E-state index in [1.807, 2.05) is 53.9 Å². The van der Waals surface area contributed by atoms with E-state index >= 15 is 0 Å². The molecule has 3 aromatic rings. The zero-order valence-electron chi connectivity index (χ0n) is 11.2. The van der Waals surface area contributed by atoms with E-state index in [0.29, 0.717) is 15.7 Å². The van der Waals surface area contributed by atoms with Gasteiger partial charge < -0.3 is 5.32 Å². The molecule has 0 aliphatic heterocycles. The molecule has 0 unspecified atom stereocenters. The van der Waals surface area contributed by atoms with Crippen LogP contribution in [0.3, 0.4) is 0 Å². The third kappa shape index (κ3) is 3.59. The summed E-state index contributed by atoms with van der Waals surface area (Å²) < 4.78 is 0. The van der Waals surface area contributed by atoms with E-state index < -0.39 is 0 Å². The minimum absolute atomic E-state index is 0.275. The van der Waals surface area contributed by atoms with E-state index in [1.165, 1.54) is 0 Å². The molecule has 1 aromatic carbocycles. The monoisotopic (exact) mass is 347 g/mol. The Kier molecular flexibility index (Phi) is 4.62. The smallest absolute Gasteiger partial charge is 0.286 e. The molecule has 1 amide bonds. The molecule has 3 rings (SSSR count). The first-order chi connectivity index (χ1) is 10.7. The van der Waals surface area contributed by atoms with Crippen molar-refractivity contribution in [2.24, 2.45) is 0 Å².